The highest BCUT2D eigenvalue weighted by molar-refractivity contribution is 7.89. The molecule has 1 atom stereocenters. The summed E-state index contributed by atoms with van der Waals surface area (Å²) in [4.78, 5) is 0.260. The van der Waals surface area contributed by atoms with Gasteiger partial charge in [-0.2, -0.15) is 0 Å². The minimum atomic E-state index is -3.52. The van der Waals surface area contributed by atoms with Gasteiger partial charge in [-0.25, -0.2) is 17.5 Å². The van der Waals surface area contributed by atoms with Crippen molar-refractivity contribution in [1.82, 2.24) is 4.72 Å². The maximum Gasteiger partial charge on any atom is 0.240 e. The smallest absolute Gasteiger partial charge is 0.211 e. The molecule has 2 rings (SSSR count). The van der Waals surface area contributed by atoms with E-state index in [0.29, 0.717) is 0 Å². The monoisotopic (exact) mass is 321 g/mol. The highest BCUT2D eigenvalue weighted by Gasteiger charge is 2.15. The largest absolute Gasteiger partial charge is 0.240 e. The van der Waals surface area contributed by atoms with Crippen LogP contribution < -0.4 is 4.72 Å². The van der Waals surface area contributed by atoms with Gasteiger partial charge in [0.05, 0.1) is 4.90 Å². The van der Waals surface area contributed by atoms with Crippen LogP contribution in [0.25, 0.3) is 0 Å². The van der Waals surface area contributed by atoms with E-state index < -0.39 is 10.0 Å². The predicted octanol–water partition coefficient (Wildman–Crippen LogP) is 3.47. The average Bonchev–Trinajstić information content (AvgIpc) is 2.53. The Hall–Kier alpha value is -1.72. The van der Waals surface area contributed by atoms with Crippen molar-refractivity contribution < 1.29 is 12.8 Å². The first-order valence-electron chi connectivity index (χ1n) is 7.26. The molecule has 2 aromatic rings. The lowest BCUT2D eigenvalue weighted by atomic mass is 10.0. The van der Waals surface area contributed by atoms with Gasteiger partial charge in [-0.1, -0.05) is 38.1 Å². The molecular formula is C17H20FNO2S. The van der Waals surface area contributed by atoms with Gasteiger partial charge in [0.2, 0.25) is 10.0 Å². The van der Waals surface area contributed by atoms with E-state index in [2.05, 4.69) is 4.72 Å². The summed E-state index contributed by atoms with van der Waals surface area (Å²) in [5.41, 5.74) is 1.99. The van der Waals surface area contributed by atoms with Gasteiger partial charge in [-0.3, -0.25) is 0 Å². The van der Waals surface area contributed by atoms with Gasteiger partial charge in [0, 0.05) is 6.54 Å². The van der Waals surface area contributed by atoms with E-state index >= 15 is 0 Å². The quantitative estimate of drug-likeness (QED) is 0.885. The van der Waals surface area contributed by atoms with Crippen molar-refractivity contribution in [2.75, 3.05) is 6.54 Å². The normalized spacial score (nSPS) is 13.0. The van der Waals surface area contributed by atoms with Crippen LogP contribution in [0, 0.1) is 5.82 Å². The molecule has 2 aromatic carbocycles. The number of aryl methyl sites for hydroxylation is 1. The van der Waals surface area contributed by atoms with E-state index in [9.17, 15) is 12.8 Å². The highest BCUT2D eigenvalue weighted by Crippen LogP contribution is 2.16. The summed E-state index contributed by atoms with van der Waals surface area (Å²) >= 11 is 0. The van der Waals surface area contributed by atoms with E-state index in [0.717, 1.165) is 17.5 Å². The number of rotatable bonds is 6. The van der Waals surface area contributed by atoms with Gasteiger partial charge >= 0.3 is 0 Å². The molecule has 3 nitrogen and oxygen atoms in total. The summed E-state index contributed by atoms with van der Waals surface area (Å²) in [5, 5.41) is 0. The Morgan fingerprint density at radius 2 is 1.64 bits per heavy atom. The van der Waals surface area contributed by atoms with Gasteiger partial charge in [-0.15, -0.1) is 0 Å². The number of sulfonamides is 1. The minimum absolute atomic E-state index is 0.0368. The molecule has 0 saturated carbocycles. The molecule has 5 heteroatoms. The van der Waals surface area contributed by atoms with E-state index in [1.165, 1.54) is 12.1 Å². The Kier molecular flexibility index (Phi) is 5.32. The lowest BCUT2D eigenvalue weighted by Gasteiger charge is -2.13. The summed E-state index contributed by atoms with van der Waals surface area (Å²) in [5.74, 6) is -0.335. The van der Waals surface area contributed by atoms with Gasteiger partial charge in [0.15, 0.2) is 0 Å². The van der Waals surface area contributed by atoms with Gasteiger partial charge in [-0.05, 0) is 47.7 Å². The maximum absolute atomic E-state index is 12.9. The van der Waals surface area contributed by atoms with Crippen molar-refractivity contribution >= 4 is 10.0 Å². The second kappa shape index (κ2) is 7.03. The number of nitrogens with one attached hydrogen (secondary N) is 1. The number of hydrogen-bond donors (Lipinski definition) is 1. The second-order valence-electron chi connectivity index (χ2n) is 5.30. The zero-order chi connectivity index (χ0) is 16.2. The van der Waals surface area contributed by atoms with Crippen molar-refractivity contribution in [1.29, 1.82) is 0 Å². The van der Waals surface area contributed by atoms with Crippen LogP contribution in [0.3, 0.4) is 0 Å². The minimum Gasteiger partial charge on any atom is -0.211 e. The molecular weight excluding hydrogens is 301 g/mol. The molecule has 0 spiro atoms. The van der Waals surface area contributed by atoms with Crippen LogP contribution in [0.1, 0.15) is 30.9 Å². The Bertz CT molecular complexity index is 709. The van der Waals surface area contributed by atoms with Crippen LogP contribution >= 0.6 is 0 Å². The first kappa shape index (κ1) is 16.6. The van der Waals surface area contributed by atoms with Crippen molar-refractivity contribution in [2.45, 2.75) is 31.1 Å². The third-order valence-electron chi connectivity index (χ3n) is 3.66. The summed E-state index contributed by atoms with van der Waals surface area (Å²) in [6, 6.07) is 13.0. The van der Waals surface area contributed by atoms with Crippen LogP contribution in [0.15, 0.2) is 53.4 Å². The summed E-state index contributed by atoms with van der Waals surface area (Å²) < 4.78 is 40.0. The van der Waals surface area contributed by atoms with Gasteiger partial charge < -0.3 is 0 Å². The summed E-state index contributed by atoms with van der Waals surface area (Å²) in [6.45, 7) is 4.19. The molecule has 0 fully saturated rings. The van der Waals surface area contributed by atoms with E-state index in [1.807, 2.05) is 26.0 Å². The first-order chi connectivity index (χ1) is 10.4. The molecule has 0 aromatic heterocycles. The van der Waals surface area contributed by atoms with Gasteiger partial charge in [0.1, 0.15) is 5.82 Å². The fourth-order valence-electron chi connectivity index (χ4n) is 2.13. The topological polar surface area (TPSA) is 46.2 Å². The lowest BCUT2D eigenvalue weighted by Crippen LogP contribution is -2.27. The Balaban J connectivity index is 2.03. The third-order valence-corrected chi connectivity index (χ3v) is 5.10. The zero-order valence-corrected chi connectivity index (χ0v) is 13.5. The molecule has 22 heavy (non-hydrogen) atoms. The zero-order valence-electron chi connectivity index (χ0n) is 12.7. The Labute approximate surface area is 131 Å². The molecule has 0 aliphatic rings. The summed E-state index contributed by atoms with van der Waals surface area (Å²) in [7, 11) is -3.52. The van der Waals surface area contributed by atoms with Crippen LogP contribution in [0.5, 0.6) is 0 Å². The molecule has 0 saturated heterocycles. The summed E-state index contributed by atoms with van der Waals surface area (Å²) in [6.07, 6.45) is 0.870. The second-order valence-corrected chi connectivity index (χ2v) is 7.07. The molecule has 1 unspecified atom stereocenters. The predicted molar refractivity (Wildman–Crippen MR) is 85.8 cm³/mol. The number of benzene rings is 2. The Morgan fingerprint density at radius 3 is 2.18 bits per heavy atom. The van der Waals surface area contributed by atoms with E-state index in [1.54, 1.807) is 24.3 Å². The molecule has 0 aliphatic heterocycles. The maximum atomic E-state index is 12.9. The fraction of sp³-hybridized carbons (Fsp3) is 0.294. The van der Waals surface area contributed by atoms with Crippen molar-refractivity contribution in [3.05, 3.63) is 65.5 Å². The van der Waals surface area contributed by atoms with Crippen molar-refractivity contribution in [2.24, 2.45) is 0 Å². The molecule has 0 amide bonds. The van der Waals surface area contributed by atoms with Crippen molar-refractivity contribution in [3.8, 4) is 0 Å². The molecule has 0 heterocycles. The van der Waals surface area contributed by atoms with Crippen LogP contribution in [0.4, 0.5) is 4.39 Å². The number of halogens is 1. The molecule has 0 radical (unpaired) electrons. The molecule has 118 valence electrons. The molecule has 1 N–H and O–H groups in total. The molecule has 0 aliphatic carbocycles. The fourth-order valence-corrected chi connectivity index (χ4v) is 3.26. The SMILES string of the molecule is CCc1ccc(S(=O)(=O)NCC(C)c2ccc(F)cc2)cc1. The van der Waals surface area contributed by atoms with E-state index in [4.69, 9.17) is 0 Å². The van der Waals surface area contributed by atoms with E-state index in [-0.39, 0.29) is 23.2 Å². The van der Waals surface area contributed by atoms with Gasteiger partial charge in [0.25, 0.3) is 0 Å². The van der Waals surface area contributed by atoms with Crippen molar-refractivity contribution in [3.63, 3.8) is 0 Å². The number of hydrogen-bond acceptors (Lipinski definition) is 2. The standard InChI is InChI=1S/C17H20FNO2S/c1-3-14-4-10-17(11-5-14)22(20,21)19-12-13(2)15-6-8-16(18)9-7-15/h4-11,13,19H,3,12H2,1-2H3. The highest BCUT2D eigenvalue weighted by atomic mass is 32.2. The lowest BCUT2D eigenvalue weighted by molar-refractivity contribution is 0.574. The first-order valence-corrected chi connectivity index (χ1v) is 8.74. The van der Waals surface area contributed by atoms with Crippen LogP contribution in [-0.2, 0) is 16.4 Å². The van der Waals surface area contributed by atoms with Crippen LogP contribution in [-0.4, -0.2) is 15.0 Å². The van der Waals surface area contributed by atoms with Crippen LogP contribution in [0.2, 0.25) is 0 Å². The molecule has 0 bridgehead atoms. The Morgan fingerprint density at radius 1 is 1.05 bits per heavy atom. The third kappa shape index (κ3) is 4.15. The average molecular weight is 321 g/mol.